The fourth-order valence-corrected chi connectivity index (χ4v) is 3.26. The number of benzene rings is 1. The van der Waals surface area contributed by atoms with Gasteiger partial charge in [0.2, 0.25) is 5.91 Å². The first-order chi connectivity index (χ1) is 13.3. The third-order valence-electron chi connectivity index (χ3n) is 4.79. The summed E-state index contributed by atoms with van der Waals surface area (Å²) in [5, 5.41) is 7.15. The Bertz CT molecular complexity index is 874. The van der Waals surface area contributed by atoms with E-state index in [4.69, 9.17) is 0 Å². The fraction of sp³-hybridized carbons (Fsp3) is 0.316. The molecule has 1 N–H and O–H groups in total. The van der Waals surface area contributed by atoms with E-state index in [1.165, 1.54) is 12.7 Å². The number of carbonyl (C=O) groups excluding carboxylic acids is 1. The molecule has 8 nitrogen and oxygen atoms in total. The van der Waals surface area contributed by atoms with Crippen molar-refractivity contribution >= 4 is 11.7 Å². The summed E-state index contributed by atoms with van der Waals surface area (Å²) in [7, 11) is 0. The third kappa shape index (κ3) is 4.11. The Balaban J connectivity index is 1.32. The van der Waals surface area contributed by atoms with Gasteiger partial charge in [-0.1, -0.05) is 30.3 Å². The summed E-state index contributed by atoms with van der Waals surface area (Å²) < 4.78 is 1.61. The summed E-state index contributed by atoms with van der Waals surface area (Å²) in [4.78, 5) is 27.2. The van der Waals surface area contributed by atoms with Crippen LogP contribution in [0.1, 0.15) is 18.4 Å². The van der Waals surface area contributed by atoms with E-state index in [1.54, 1.807) is 11.0 Å². The first kappa shape index (κ1) is 17.1. The standard InChI is InChI=1S/C19H21N7O/c27-19(21-11-15-4-2-1-3-5-15)16-6-8-25(9-7-16)17-10-18(23-13-22-17)26-14-20-12-24-26/h1-5,10,12-14,16H,6-9,11H2,(H,21,27). The monoisotopic (exact) mass is 363 g/mol. The van der Waals surface area contributed by atoms with Crippen molar-refractivity contribution in [3.63, 3.8) is 0 Å². The molecule has 1 amide bonds. The Morgan fingerprint density at radius 2 is 1.85 bits per heavy atom. The van der Waals surface area contributed by atoms with Crippen LogP contribution in [0, 0.1) is 5.92 Å². The van der Waals surface area contributed by atoms with Gasteiger partial charge in [0.1, 0.15) is 24.8 Å². The maximum Gasteiger partial charge on any atom is 0.223 e. The normalized spacial score (nSPS) is 14.9. The lowest BCUT2D eigenvalue weighted by Gasteiger charge is -2.32. The van der Waals surface area contributed by atoms with Gasteiger partial charge in [-0.3, -0.25) is 4.79 Å². The molecule has 1 saturated heterocycles. The van der Waals surface area contributed by atoms with Crippen molar-refractivity contribution in [3.05, 3.63) is 60.9 Å². The first-order valence-corrected chi connectivity index (χ1v) is 9.03. The lowest BCUT2D eigenvalue weighted by atomic mass is 9.96. The molecule has 2 aromatic heterocycles. The van der Waals surface area contributed by atoms with Crippen molar-refractivity contribution in [1.82, 2.24) is 30.0 Å². The van der Waals surface area contributed by atoms with E-state index in [9.17, 15) is 4.79 Å². The quantitative estimate of drug-likeness (QED) is 0.741. The minimum Gasteiger partial charge on any atom is -0.356 e. The van der Waals surface area contributed by atoms with Gasteiger partial charge in [0, 0.05) is 31.6 Å². The fourth-order valence-electron chi connectivity index (χ4n) is 3.26. The van der Waals surface area contributed by atoms with Crippen molar-refractivity contribution in [2.75, 3.05) is 18.0 Å². The molecule has 1 fully saturated rings. The van der Waals surface area contributed by atoms with Gasteiger partial charge in [0.15, 0.2) is 5.82 Å². The summed E-state index contributed by atoms with van der Waals surface area (Å²) in [6.07, 6.45) is 6.23. The number of carbonyl (C=O) groups is 1. The van der Waals surface area contributed by atoms with E-state index in [-0.39, 0.29) is 11.8 Å². The van der Waals surface area contributed by atoms with Crippen LogP contribution in [0.5, 0.6) is 0 Å². The van der Waals surface area contributed by atoms with Gasteiger partial charge < -0.3 is 10.2 Å². The molecule has 3 heterocycles. The van der Waals surface area contributed by atoms with Crippen molar-refractivity contribution < 1.29 is 4.79 Å². The Morgan fingerprint density at radius 1 is 1.07 bits per heavy atom. The largest absolute Gasteiger partial charge is 0.356 e. The van der Waals surface area contributed by atoms with E-state index in [0.717, 1.165) is 37.3 Å². The predicted molar refractivity (Wildman–Crippen MR) is 100 cm³/mol. The second kappa shape index (κ2) is 7.94. The zero-order chi connectivity index (χ0) is 18.5. The predicted octanol–water partition coefficient (Wildman–Crippen LogP) is 1.59. The number of anilines is 1. The summed E-state index contributed by atoms with van der Waals surface area (Å²) in [5.41, 5.74) is 1.12. The molecule has 3 aromatic rings. The Morgan fingerprint density at radius 3 is 2.59 bits per heavy atom. The highest BCUT2D eigenvalue weighted by Crippen LogP contribution is 2.22. The molecule has 4 rings (SSSR count). The zero-order valence-corrected chi connectivity index (χ0v) is 14.9. The lowest BCUT2D eigenvalue weighted by Crippen LogP contribution is -2.40. The average molecular weight is 363 g/mol. The molecule has 0 radical (unpaired) electrons. The minimum atomic E-state index is 0.0431. The molecule has 138 valence electrons. The van der Waals surface area contributed by atoms with Crippen LogP contribution in [-0.4, -0.2) is 43.7 Å². The Hall–Kier alpha value is -3.29. The van der Waals surface area contributed by atoms with Crippen LogP contribution in [0.2, 0.25) is 0 Å². The summed E-state index contributed by atoms with van der Waals surface area (Å²) in [6.45, 7) is 2.15. The number of hydrogen-bond donors (Lipinski definition) is 1. The molecule has 0 spiro atoms. The SMILES string of the molecule is O=C(NCc1ccccc1)C1CCN(c2cc(-n3cncn3)ncn2)CC1. The van der Waals surface area contributed by atoms with Gasteiger partial charge in [-0.05, 0) is 18.4 Å². The van der Waals surface area contributed by atoms with Gasteiger partial charge in [0.05, 0.1) is 0 Å². The average Bonchev–Trinajstić information content (AvgIpc) is 3.28. The summed E-state index contributed by atoms with van der Waals surface area (Å²) in [5.74, 6) is 1.70. The van der Waals surface area contributed by atoms with Crippen LogP contribution >= 0.6 is 0 Å². The molecule has 0 aliphatic carbocycles. The van der Waals surface area contributed by atoms with Crippen LogP contribution in [0.4, 0.5) is 5.82 Å². The maximum atomic E-state index is 12.5. The van der Waals surface area contributed by atoms with Crippen LogP contribution in [0.15, 0.2) is 55.4 Å². The molecular weight excluding hydrogens is 342 g/mol. The maximum absolute atomic E-state index is 12.5. The number of hydrogen-bond acceptors (Lipinski definition) is 6. The summed E-state index contributed by atoms with van der Waals surface area (Å²) in [6, 6.07) is 11.9. The molecule has 27 heavy (non-hydrogen) atoms. The highest BCUT2D eigenvalue weighted by Gasteiger charge is 2.25. The van der Waals surface area contributed by atoms with E-state index < -0.39 is 0 Å². The second-order valence-corrected chi connectivity index (χ2v) is 6.54. The van der Waals surface area contributed by atoms with Gasteiger partial charge in [0.25, 0.3) is 0 Å². The minimum absolute atomic E-state index is 0.0431. The number of piperidine rings is 1. The van der Waals surface area contributed by atoms with E-state index in [0.29, 0.717) is 12.4 Å². The molecule has 1 aliphatic heterocycles. The highest BCUT2D eigenvalue weighted by molar-refractivity contribution is 5.79. The van der Waals surface area contributed by atoms with E-state index in [2.05, 4.69) is 30.3 Å². The number of nitrogens with one attached hydrogen (secondary N) is 1. The molecule has 0 saturated carbocycles. The Labute approximate surface area is 157 Å². The highest BCUT2D eigenvalue weighted by atomic mass is 16.1. The topological polar surface area (TPSA) is 88.8 Å². The van der Waals surface area contributed by atoms with Gasteiger partial charge in [-0.25, -0.2) is 19.6 Å². The lowest BCUT2D eigenvalue weighted by molar-refractivity contribution is -0.125. The van der Waals surface area contributed by atoms with E-state index in [1.807, 2.05) is 36.4 Å². The van der Waals surface area contributed by atoms with Crippen molar-refractivity contribution in [3.8, 4) is 5.82 Å². The van der Waals surface area contributed by atoms with Crippen molar-refractivity contribution in [2.45, 2.75) is 19.4 Å². The summed E-state index contributed by atoms with van der Waals surface area (Å²) >= 11 is 0. The van der Waals surface area contributed by atoms with Gasteiger partial charge in [-0.2, -0.15) is 5.10 Å². The molecule has 1 aromatic carbocycles. The van der Waals surface area contributed by atoms with Crippen LogP contribution in [-0.2, 0) is 11.3 Å². The number of nitrogens with zero attached hydrogens (tertiary/aromatic N) is 6. The number of aromatic nitrogens is 5. The van der Waals surface area contributed by atoms with Crippen molar-refractivity contribution in [2.24, 2.45) is 5.92 Å². The molecule has 1 aliphatic rings. The molecule has 0 bridgehead atoms. The third-order valence-corrected chi connectivity index (χ3v) is 4.79. The van der Waals surface area contributed by atoms with Crippen LogP contribution in [0.25, 0.3) is 5.82 Å². The first-order valence-electron chi connectivity index (χ1n) is 9.03. The van der Waals surface area contributed by atoms with Crippen molar-refractivity contribution in [1.29, 1.82) is 0 Å². The smallest absolute Gasteiger partial charge is 0.223 e. The number of amides is 1. The van der Waals surface area contributed by atoms with Crippen LogP contribution < -0.4 is 10.2 Å². The molecule has 0 unspecified atom stereocenters. The molecular formula is C19H21N7O. The number of rotatable bonds is 5. The zero-order valence-electron chi connectivity index (χ0n) is 14.9. The second-order valence-electron chi connectivity index (χ2n) is 6.54. The van der Waals surface area contributed by atoms with Crippen LogP contribution in [0.3, 0.4) is 0 Å². The Kier molecular flexibility index (Phi) is 5.04. The molecule has 8 heteroatoms. The molecule has 0 atom stereocenters. The van der Waals surface area contributed by atoms with Gasteiger partial charge >= 0.3 is 0 Å². The van der Waals surface area contributed by atoms with Gasteiger partial charge in [-0.15, -0.1) is 0 Å². The van der Waals surface area contributed by atoms with E-state index >= 15 is 0 Å².